The lowest BCUT2D eigenvalue weighted by Crippen LogP contribution is -2.30. The van der Waals surface area contributed by atoms with Crippen molar-refractivity contribution in [3.05, 3.63) is 39.4 Å². The number of likely N-dealkylation sites (tertiary alicyclic amines) is 1. The summed E-state index contributed by atoms with van der Waals surface area (Å²) in [6.45, 7) is 0.419. The second-order valence-corrected chi connectivity index (χ2v) is 4.63. The fraction of sp³-hybridized carbons (Fsp3) is 0.417. The Balaban J connectivity index is 2.33. The van der Waals surface area contributed by atoms with Gasteiger partial charge in [0.05, 0.1) is 16.6 Å². The number of nitro groups is 1. The van der Waals surface area contributed by atoms with Crippen LogP contribution in [0, 0.1) is 27.7 Å². The first-order chi connectivity index (χ1) is 9.43. The van der Waals surface area contributed by atoms with Crippen LogP contribution in [0.2, 0.25) is 0 Å². The van der Waals surface area contributed by atoms with Crippen molar-refractivity contribution in [1.82, 2.24) is 4.90 Å². The molecule has 1 aliphatic rings. The van der Waals surface area contributed by atoms with Gasteiger partial charge < -0.3 is 10.0 Å². The molecular weight excluding hydrogens is 274 g/mol. The van der Waals surface area contributed by atoms with E-state index in [0.29, 0.717) is 25.1 Å². The highest BCUT2D eigenvalue weighted by Crippen LogP contribution is 2.25. The molecule has 1 saturated heterocycles. The van der Waals surface area contributed by atoms with E-state index in [2.05, 4.69) is 0 Å². The van der Waals surface area contributed by atoms with Gasteiger partial charge >= 0.3 is 5.69 Å². The van der Waals surface area contributed by atoms with Crippen LogP contribution < -0.4 is 0 Å². The number of halogens is 2. The van der Waals surface area contributed by atoms with Crippen LogP contribution in [0.5, 0.6) is 0 Å². The molecule has 0 saturated carbocycles. The summed E-state index contributed by atoms with van der Waals surface area (Å²) >= 11 is 0. The molecule has 0 spiro atoms. The lowest BCUT2D eigenvalue weighted by atomic mass is 10.1. The first kappa shape index (κ1) is 14.3. The van der Waals surface area contributed by atoms with Gasteiger partial charge in [0.1, 0.15) is 5.82 Å². The monoisotopic (exact) mass is 286 g/mol. The summed E-state index contributed by atoms with van der Waals surface area (Å²) in [5.74, 6) is -3.29. The number of hydrogen-bond donors (Lipinski definition) is 1. The van der Waals surface area contributed by atoms with Crippen molar-refractivity contribution in [2.24, 2.45) is 5.92 Å². The second-order valence-electron chi connectivity index (χ2n) is 4.63. The number of aliphatic hydroxyl groups is 1. The number of nitro benzene ring substituents is 1. The molecule has 6 nitrogen and oxygen atoms in total. The maximum absolute atomic E-state index is 13.9. The average molecular weight is 286 g/mol. The molecule has 1 aromatic carbocycles. The van der Waals surface area contributed by atoms with E-state index in [1.165, 1.54) is 4.90 Å². The molecular formula is C12H12F2N2O4. The van der Waals surface area contributed by atoms with E-state index < -0.39 is 33.7 Å². The third-order valence-corrected chi connectivity index (χ3v) is 3.28. The molecule has 0 radical (unpaired) electrons. The molecule has 1 unspecified atom stereocenters. The Morgan fingerprint density at radius 1 is 1.50 bits per heavy atom. The van der Waals surface area contributed by atoms with E-state index in [0.717, 1.165) is 0 Å². The topological polar surface area (TPSA) is 83.7 Å². The second kappa shape index (κ2) is 5.49. The first-order valence-corrected chi connectivity index (χ1v) is 5.97. The molecule has 1 amide bonds. The first-order valence-electron chi connectivity index (χ1n) is 5.97. The zero-order valence-corrected chi connectivity index (χ0v) is 10.4. The molecule has 108 valence electrons. The number of aliphatic hydroxyl groups excluding tert-OH is 1. The molecule has 2 rings (SSSR count). The van der Waals surface area contributed by atoms with Gasteiger partial charge in [-0.1, -0.05) is 0 Å². The maximum atomic E-state index is 13.9. The van der Waals surface area contributed by atoms with Crippen LogP contribution in [0.4, 0.5) is 14.5 Å². The Bertz CT molecular complexity index is 565. The average Bonchev–Trinajstić information content (AvgIpc) is 2.88. The Labute approximate surface area is 112 Å². The van der Waals surface area contributed by atoms with Crippen molar-refractivity contribution < 1.29 is 23.6 Å². The van der Waals surface area contributed by atoms with Gasteiger partial charge in [0.15, 0.2) is 0 Å². The highest BCUT2D eigenvalue weighted by Gasteiger charge is 2.31. The molecule has 8 heteroatoms. The summed E-state index contributed by atoms with van der Waals surface area (Å²) in [4.78, 5) is 22.9. The molecule has 1 heterocycles. The number of nitrogens with zero attached hydrogens (tertiary/aromatic N) is 2. The third-order valence-electron chi connectivity index (χ3n) is 3.28. The van der Waals surface area contributed by atoms with Gasteiger partial charge in [-0.25, -0.2) is 4.39 Å². The Hall–Kier alpha value is -2.09. The zero-order valence-electron chi connectivity index (χ0n) is 10.4. The van der Waals surface area contributed by atoms with E-state index >= 15 is 0 Å². The fourth-order valence-electron chi connectivity index (χ4n) is 2.20. The normalized spacial score (nSPS) is 18.4. The summed E-state index contributed by atoms with van der Waals surface area (Å²) in [6, 6.07) is 1.09. The van der Waals surface area contributed by atoms with Gasteiger partial charge in [-0.2, -0.15) is 4.39 Å². The van der Waals surface area contributed by atoms with Gasteiger partial charge in [-0.3, -0.25) is 14.9 Å². The van der Waals surface area contributed by atoms with Crippen molar-refractivity contribution in [3.8, 4) is 0 Å². The SMILES string of the molecule is O=C(c1cc(F)cc([N+](=O)[O-])c1F)N1CCC(CO)C1. The Morgan fingerprint density at radius 3 is 2.75 bits per heavy atom. The zero-order chi connectivity index (χ0) is 14.9. The van der Waals surface area contributed by atoms with Gasteiger partial charge in [0.2, 0.25) is 5.82 Å². The number of carbonyl (C=O) groups excluding carboxylic acids is 1. The van der Waals surface area contributed by atoms with Crippen molar-refractivity contribution in [2.45, 2.75) is 6.42 Å². The number of carbonyl (C=O) groups is 1. The van der Waals surface area contributed by atoms with Gasteiger partial charge in [0.25, 0.3) is 5.91 Å². The van der Waals surface area contributed by atoms with Crippen molar-refractivity contribution in [2.75, 3.05) is 19.7 Å². The minimum atomic E-state index is -1.34. The number of benzene rings is 1. The predicted octanol–water partition coefficient (Wildman–Crippen LogP) is 1.33. The minimum Gasteiger partial charge on any atom is -0.396 e. The number of amides is 1. The molecule has 0 bridgehead atoms. The molecule has 1 N–H and O–H groups in total. The Morgan fingerprint density at radius 2 is 2.20 bits per heavy atom. The van der Waals surface area contributed by atoms with Crippen molar-refractivity contribution >= 4 is 11.6 Å². The molecule has 0 aliphatic carbocycles. The Kier molecular flexibility index (Phi) is 3.93. The summed E-state index contributed by atoms with van der Waals surface area (Å²) in [7, 11) is 0. The summed E-state index contributed by atoms with van der Waals surface area (Å²) < 4.78 is 27.2. The fourth-order valence-corrected chi connectivity index (χ4v) is 2.20. The highest BCUT2D eigenvalue weighted by atomic mass is 19.1. The molecule has 1 aromatic rings. The van der Waals surface area contributed by atoms with E-state index in [1.807, 2.05) is 0 Å². The smallest absolute Gasteiger partial charge is 0.308 e. The van der Waals surface area contributed by atoms with Crippen LogP contribution in [0.15, 0.2) is 12.1 Å². The van der Waals surface area contributed by atoms with Crippen LogP contribution in [-0.2, 0) is 0 Å². The van der Waals surface area contributed by atoms with Crippen LogP contribution in [0.3, 0.4) is 0 Å². The van der Waals surface area contributed by atoms with E-state index in [-0.39, 0.29) is 19.1 Å². The van der Waals surface area contributed by atoms with Crippen LogP contribution in [-0.4, -0.2) is 40.5 Å². The molecule has 1 fully saturated rings. The number of hydrogen-bond acceptors (Lipinski definition) is 4. The lowest BCUT2D eigenvalue weighted by Gasteiger charge is -2.16. The van der Waals surface area contributed by atoms with Gasteiger partial charge in [0, 0.05) is 25.6 Å². The minimum absolute atomic E-state index is 0.102. The third kappa shape index (κ3) is 2.60. The van der Waals surface area contributed by atoms with Gasteiger partial charge in [-0.15, -0.1) is 0 Å². The van der Waals surface area contributed by atoms with E-state index in [4.69, 9.17) is 5.11 Å². The van der Waals surface area contributed by atoms with Crippen LogP contribution >= 0.6 is 0 Å². The van der Waals surface area contributed by atoms with E-state index in [1.54, 1.807) is 0 Å². The van der Waals surface area contributed by atoms with Crippen LogP contribution in [0.25, 0.3) is 0 Å². The van der Waals surface area contributed by atoms with E-state index in [9.17, 15) is 23.7 Å². The maximum Gasteiger partial charge on any atom is 0.308 e. The summed E-state index contributed by atoms with van der Waals surface area (Å²) in [6.07, 6.45) is 0.557. The number of rotatable bonds is 3. The van der Waals surface area contributed by atoms with Gasteiger partial charge in [-0.05, 0) is 12.5 Å². The predicted molar refractivity (Wildman–Crippen MR) is 64.1 cm³/mol. The quantitative estimate of drug-likeness (QED) is 0.671. The molecule has 20 heavy (non-hydrogen) atoms. The highest BCUT2D eigenvalue weighted by molar-refractivity contribution is 5.95. The molecule has 0 aromatic heterocycles. The van der Waals surface area contributed by atoms with Crippen molar-refractivity contribution in [1.29, 1.82) is 0 Å². The van der Waals surface area contributed by atoms with Crippen molar-refractivity contribution in [3.63, 3.8) is 0 Å². The summed E-state index contributed by atoms with van der Waals surface area (Å²) in [5.41, 5.74) is -1.72. The standard InChI is InChI=1S/C12H12F2N2O4/c13-8-3-9(11(14)10(4-8)16(19)20)12(18)15-2-1-7(5-15)6-17/h3-4,7,17H,1-2,5-6H2. The summed E-state index contributed by atoms with van der Waals surface area (Å²) in [5, 5.41) is 19.6. The molecule has 1 atom stereocenters. The molecule has 1 aliphatic heterocycles. The largest absolute Gasteiger partial charge is 0.396 e. The van der Waals surface area contributed by atoms with Crippen LogP contribution in [0.1, 0.15) is 16.8 Å². The lowest BCUT2D eigenvalue weighted by molar-refractivity contribution is -0.387.